The van der Waals surface area contributed by atoms with Gasteiger partial charge in [-0.3, -0.25) is 9.59 Å². The van der Waals surface area contributed by atoms with Crippen LogP contribution in [0.25, 0.3) is 21.7 Å². The van der Waals surface area contributed by atoms with Crippen molar-refractivity contribution in [1.82, 2.24) is 15.0 Å². The minimum atomic E-state index is -0.635. The summed E-state index contributed by atoms with van der Waals surface area (Å²) in [7, 11) is 0. The van der Waals surface area contributed by atoms with Crippen molar-refractivity contribution in [3.05, 3.63) is 64.2 Å². The van der Waals surface area contributed by atoms with Gasteiger partial charge in [-0.1, -0.05) is 5.16 Å². The molecule has 0 aliphatic carbocycles. The Labute approximate surface area is 203 Å². The highest BCUT2D eigenvalue weighted by Crippen LogP contribution is 2.33. The number of benzene rings is 1. The maximum absolute atomic E-state index is 13.8. The molecule has 0 spiro atoms. The van der Waals surface area contributed by atoms with E-state index in [1.807, 2.05) is 19.1 Å². The first-order valence-electron chi connectivity index (χ1n) is 10.5. The largest absolute Gasteiger partial charge is 0.335 e. The molecule has 1 N–H and O–H groups in total. The van der Waals surface area contributed by atoms with Crippen molar-refractivity contribution in [2.24, 2.45) is 0 Å². The number of carbonyl (C=O) groups excluding carboxylic acids is 2. The number of thioether (sulfide) groups is 1. The number of rotatable bonds is 4. The van der Waals surface area contributed by atoms with Gasteiger partial charge in [0.1, 0.15) is 6.04 Å². The summed E-state index contributed by atoms with van der Waals surface area (Å²) in [6, 6.07) is 13.8. The van der Waals surface area contributed by atoms with Crippen LogP contribution in [0.15, 0.2) is 47.0 Å². The lowest BCUT2D eigenvalue weighted by Gasteiger charge is -2.23. The number of fused-ring (bicyclic) bond motifs is 1. The Hall–Kier alpha value is -3.68. The molecule has 1 unspecified atom stereocenters. The maximum atomic E-state index is 13.8. The molecule has 4 heterocycles. The third-order valence-electron chi connectivity index (χ3n) is 5.57. The SMILES string of the molecule is Cc1ccc(-c2cc(C(=O)N3CSCC3C(=O)Nc3ccc(C#N)cc3)c3c(C)noc3n2)s1. The second kappa shape index (κ2) is 8.93. The number of aryl methyl sites for hydroxylation is 2. The zero-order chi connectivity index (χ0) is 23.8. The Bertz CT molecular complexity index is 1450. The van der Waals surface area contributed by atoms with Crippen molar-refractivity contribution in [2.75, 3.05) is 16.9 Å². The first kappa shape index (κ1) is 22.1. The molecule has 5 rings (SSSR count). The van der Waals surface area contributed by atoms with Crippen molar-refractivity contribution in [2.45, 2.75) is 19.9 Å². The van der Waals surface area contributed by atoms with E-state index in [9.17, 15) is 9.59 Å². The van der Waals surface area contributed by atoms with Gasteiger partial charge < -0.3 is 14.7 Å². The molecule has 2 amide bonds. The van der Waals surface area contributed by atoms with E-state index in [-0.39, 0.29) is 11.8 Å². The minimum Gasteiger partial charge on any atom is -0.335 e. The molecule has 0 bridgehead atoms. The molecule has 0 radical (unpaired) electrons. The number of thiophene rings is 1. The first-order chi connectivity index (χ1) is 16.4. The topological polar surface area (TPSA) is 112 Å². The van der Waals surface area contributed by atoms with Gasteiger partial charge in [-0.05, 0) is 56.3 Å². The van der Waals surface area contributed by atoms with Crippen molar-refractivity contribution < 1.29 is 14.1 Å². The Kier molecular flexibility index (Phi) is 5.81. The van der Waals surface area contributed by atoms with Crippen LogP contribution in [0.1, 0.15) is 26.5 Å². The Morgan fingerprint density at radius 2 is 2.00 bits per heavy atom. The molecule has 4 aromatic rings. The molecule has 1 saturated heterocycles. The van der Waals surface area contributed by atoms with Gasteiger partial charge in [0.15, 0.2) is 0 Å². The van der Waals surface area contributed by atoms with Crippen LogP contribution in [0.4, 0.5) is 5.69 Å². The second-order valence-electron chi connectivity index (χ2n) is 7.88. The summed E-state index contributed by atoms with van der Waals surface area (Å²) in [4.78, 5) is 35.0. The molecule has 1 aromatic carbocycles. The Morgan fingerprint density at radius 1 is 1.21 bits per heavy atom. The van der Waals surface area contributed by atoms with Gasteiger partial charge in [-0.25, -0.2) is 4.98 Å². The molecule has 3 aromatic heterocycles. The lowest BCUT2D eigenvalue weighted by Crippen LogP contribution is -2.44. The molecular weight excluding hydrogens is 470 g/mol. The van der Waals surface area contributed by atoms with Crippen LogP contribution in [0.2, 0.25) is 0 Å². The summed E-state index contributed by atoms with van der Waals surface area (Å²) in [6.07, 6.45) is 0. The minimum absolute atomic E-state index is 0.266. The number of nitrogens with one attached hydrogen (secondary N) is 1. The van der Waals surface area contributed by atoms with E-state index in [1.165, 1.54) is 11.8 Å². The predicted octanol–water partition coefficient (Wildman–Crippen LogP) is 4.59. The van der Waals surface area contributed by atoms with Crippen molar-refractivity contribution in [1.29, 1.82) is 5.26 Å². The van der Waals surface area contributed by atoms with Crippen LogP contribution in [-0.2, 0) is 4.79 Å². The monoisotopic (exact) mass is 489 g/mol. The predicted molar refractivity (Wildman–Crippen MR) is 132 cm³/mol. The van der Waals surface area contributed by atoms with Gasteiger partial charge in [0.05, 0.1) is 44.7 Å². The molecule has 8 nitrogen and oxygen atoms in total. The summed E-state index contributed by atoms with van der Waals surface area (Å²) < 4.78 is 5.41. The van der Waals surface area contributed by atoms with Crippen molar-refractivity contribution in [3.8, 4) is 16.6 Å². The quantitative estimate of drug-likeness (QED) is 0.446. The van der Waals surface area contributed by atoms with Crippen LogP contribution >= 0.6 is 23.1 Å². The number of pyridine rings is 1. The molecule has 1 aliphatic rings. The van der Waals surface area contributed by atoms with Crippen LogP contribution in [0, 0.1) is 25.2 Å². The standard InChI is InChI=1S/C24H19N5O3S2/c1-13-3-8-20(34-13)18-9-17(21-14(2)28-32-23(21)27-18)24(31)29-12-33-11-19(29)22(30)26-16-6-4-15(10-25)5-7-16/h3-9,19H,11-12H2,1-2H3,(H,26,30). The molecule has 1 fully saturated rings. The van der Waals surface area contributed by atoms with E-state index >= 15 is 0 Å². The lowest BCUT2D eigenvalue weighted by atomic mass is 10.1. The smallest absolute Gasteiger partial charge is 0.259 e. The summed E-state index contributed by atoms with van der Waals surface area (Å²) in [5.74, 6) is 0.343. The van der Waals surface area contributed by atoms with Gasteiger partial charge in [-0.2, -0.15) is 5.26 Å². The highest BCUT2D eigenvalue weighted by atomic mass is 32.2. The highest BCUT2D eigenvalue weighted by Gasteiger charge is 2.36. The van der Waals surface area contributed by atoms with E-state index in [2.05, 4.69) is 21.5 Å². The zero-order valence-corrected chi connectivity index (χ0v) is 20.0. The van der Waals surface area contributed by atoms with Gasteiger partial charge in [0.2, 0.25) is 5.91 Å². The van der Waals surface area contributed by atoms with Crippen molar-refractivity contribution >= 4 is 51.7 Å². The molecule has 170 valence electrons. The van der Waals surface area contributed by atoms with Gasteiger partial charge in [-0.15, -0.1) is 23.1 Å². The van der Waals surface area contributed by atoms with Crippen LogP contribution in [-0.4, -0.2) is 44.5 Å². The highest BCUT2D eigenvalue weighted by molar-refractivity contribution is 7.99. The molecule has 34 heavy (non-hydrogen) atoms. The van der Waals surface area contributed by atoms with Crippen LogP contribution in [0.3, 0.4) is 0 Å². The number of nitrogens with zero attached hydrogens (tertiary/aromatic N) is 4. The number of carbonyl (C=O) groups is 2. The number of amides is 2. The fourth-order valence-corrected chi connectivity index (χ4v) is 5.81. The van der Waals surface area contributed by atoms with E-state index in [0.717, 1.165) is 9.75 Å². The summed E-state index contributed by atoms with van der Waals surface area (Å²) in [6.45, 7) is 3.78. The fourth-order valence-electron chi connectivity index (χ4n) is 3.83. The number of aromatic nitrogens is 2. The van der Waals surface area contributed by atoms with Gasteiger partial charge in [0, 0.05) is 16.3 Å². The molecular formula is C24H19N5O3S2. The summed E-state index contributed by atoms with van der Waals surface area (Å²) in [5.41, 5.74) is 3.01. The molecule has 1 aliphatic heterocycles. The number of anilines is 1. The fraction of sp³-hybridized carbons (Fsp3) is 0.208. The Balaban J connectivity index is 1.47. The lowest BCUT2D eigenvalue weighted by molar-refractivity contribution is -0.119. The van der Waals surface area contributed by atoms with E-state index in [1.54, 1.807) is 53.5 Å². The first-order valence-corrected chi connectivity index (χ1v) is 12.5. The summed E-state index contributed by atoms with van der Waals surface area (Å²) >= 11 is 3.10. The van der Waals surface area contributed by atoms with Crippen molar-refractivity contribution in [3.63, 3.8) is 0 Å². The van der Waals surface area contributed by atoms with Gasteiger partial charge in [0.25, 0.3) is 11.6 Å². The maximum Gasteiger partial charge on any atom is 0.259 e. The van der Waals surface area contributed by atoms with E-state index in [4.69, 9.17) is 9.78 Å². The number of hydrogen-bond acceptors (Lipinski definition) is 8. The molecule has 0 saturated carbocycles. The normalized spacial score (nSPS) is 15.4. The Morgan fingerprint density at radius 3 is 2.71 bits per heavy atom. The second-order valence-corrected chi connectivity index (χ2v) is 10.2. The van der Waals surface area contributed by atoms with E-state index < -0.39 is 6.04 Å². The molecule has 10 heteroatoms. The average Bonchev–Trinajstić information content (AvgIpc) is 3.59. The zero-order valence-electron chi connectivity index (χ0n) is 18.4. The molecule has 1 atom stereocenters. The average molecular weight is 490 g/mol. The number of hydrogen-bond donors (Lipinski definition) is 1. The third-order valence-corrected chi connectivity index (χ3v) is 7.60. The van der Waals surface area contributed by atoms with Crippen LogP contribution in [0.5, 0.6) is 0 Å². The van der Waals surface area contributed by atoms with E-state index in [0.29, 0.717) is 50.9 Å². The van der Waals surface area contributed by atoms with Crippen LogP contribution < -0.4 is 5.32 Å². The van der Waals surface area contributed by atoms with Gasteiger partial charge >= 0.3 is 0 Å². The number of nitriles is 1. The third kappa shape index (κ3) is 4.04. The summed E-state index contributed by atoms with van der Waals surface area (Å²) in [5, 5.41) is 16.4.